The minimum atomic E-state index is -3.76. The molecule has 0 N–H and O–H groups in total. The summed E-state index contributed by atoms with van der Waals surface area (Å²) >= 11 is 0. The quantitative estimate of drug-likeness (QED) is 0.264. The summed E-state index contributed by atoms with van der Waals surface area (Å²) in [5, 5.41) is 3.41. The van der Waals surface area contributed by atoms with Crippen molar-refractivity contribution < 1.29 is 22.9 Å². The largest absolute Gasteiger partial charge is 0.475 e. The Morgan fingerprint density at radius 1 is 1.23 bits per heavy atom. The van der Waals surface area contributed by atoms with Crippen LogP contribution in [0.1, 0.15) is 19.4 Å². The summed E-state index contributed by atoms with van der Waals surface area (Å²) in [5.41, 5.74) is 9.52. The number of rotatable bonds is 11. The summed E-state index contributed by atoms with van der Waals surface area (Å²) in [7, 11) is -3.76. The number of phosphoric acid groups is 1. The molecule has 1 aromatic rings. The summed E-state index contributed by atoms with van der Waals surface area (Å²) in [6, 6.07) is 9.47. The third kappa shape index (κ3) is 7.04. The van der Waals surface area contributed by atoms with Crippen LogP contribution in [0.5, 0.6) is 0 Å². The Balaban J connectivity index is 2.57. The van der Waals surface area contributed by atoms with Gasteiger partial charge in [-0.15, -0.1) is 0 Å². The lowest BCUT2D eigenvalue weighted by Gasteiger charge is -2.20. The molecule has 9 heteroatoms. The molecule has 0 saturated carbocycles. The molecule has 0 radical (unpaired) electrons. The molecule has 0 heterocycles. The van der Waals surface area contributed by atoms with Crippen LogP contribution in [0.3, 0.4) is 0 Å². The van der Waals surface area contributed by atoms with Gasteiger partial charge in [0.2, 0.25) is 0 Å². The van der Waals surface area contributed by atoms with Crippen LogP contribution in [-0.4, -0.2) is 26.0 Å². The van der Waals surface area contributed by atoms with Crippen LogP contribution in [0.25, 0.3) is 10.4 Å². The number of hydrogen-bond donors (Lipinski definition) is 0. The highest BCUT2D eigenvalue weighted by molar-refractivity contribution is 7.48. The molecule has 0 aliphatic carbocycles. The lowest BCUT2D eigenvalue weighted by Crippen LogP contribution is -2.17. The SMILES string of the molecule is CCOP(=O)(OCC)OC(COCc1ccccc1)N=[N+]=[N-]. The van der Waals surface area contributed by atoms with Gasteiger partial charge in [0.1, 0.15) is 0 Å². The molecule has 1 unspecified atom stereocenters. The van der Waals surface area contributed by atoms with Crippen LogP contribution in [0, 0.1) is 0 Å². The van der Waals surface area contributed by atoms with Gasteiger partial charge in [-0.1, -0.05) is 35.4 Å². The van der Waals surface area contributed by atoms with Crippen LogP contribution in [0.2, 0.25) is 0 Å². The normalized spacial score (nSPS) is 12.6. The van der Waals surface area contributed by atoms with E-state index in [-0.39, 0.29) is 19.8 Å². The highest BCUT2D eigenvalue weighted by atomic mass is 31.2. The van der Waals surface area contributed by atoms with Crippen molar-refractivity contribution in [2.75, 3.05) is 19.8 Å². The zero-order chi connectivity index (χ0) is 16.3. The van der Waals surface area contributed by atoms with E-state index in [0.717, 1.165) is 5.56 Å². The lowest BCUT2D eigenvalue weighted by molar-refractivity contribution is 0.0162. The molecule has 0 amide bonds. The Labute approximate surface area is 129 Å². The van der Waals surface area contributed by atoms with Crippen molar-refractivity contribution in [1.82, 2.24) is 0 Å². The smallest absolute Gasteiger partial charge is 0.374 e. The van der Waals surface area contributed by atoms with Crippen molar-refractivity contribution in [3.63, 3.8) is 0 Å². The van der Waals surface area contributed by atoms with Gasteiger partial charge in [0.15, 0.2) is 6.23 Å². The van der Waals surface area contributed by atoms with Gasteiger partial charge >= 0.3 is 7.82 Å². The molecular formula is C13H20N3O5P. The first kappa shape index (κ1) is 18.6. The van der Waals surface area contributed by atoms with E-state index in [0.29, 0.717) is 6.61 Å². The van der Waals surface area contributed by atoms with E-state index in [2.05, 4.69) is 10.0 Å². The molecule has 0 bridgehead atoms. The van der Waals surface area contributed by atoms with Crippen LogP contribution in [-0.2, 0) is 29.5 Å². The molecule has 0 aromatic heterocycles. The van der Waals surface area contributed by atoms with Crippen molar-refractivity contribution in [2.24, 2.45) is 5.11 Å². The van der Waals surface area contributed by atoms with E-state index in [1.165, 1.54) is 0 Å². The second kappa shape index (κ2) is 10.3. The number of hydrogen-bond acceptors (Lipinski definition) is 6. The topological polar surface area (TPSA) is 103 Å². The fraction of sp³-hybridized carbons (Fsp3) is 0.538. The molecule has 0 aliphatic rings. The van der Waals surface area contributed by atoms with E-state index < -0.39 is 14.1 Å². The monoisotopic (exact) mass is 329 g/mol. The molecule has 8 nitrogen and oxygen atoms in total. The van der Waals surface area contributed by atoms with Gasteiger partial charge in [-0.05, 0) is 24.9 Å². The first-order chi connectivity index (χ1) is 10.6. The Hall–Kier alpha value is -1.40. The van der Waals surface area contributed by atoms with Gasteiger partial charge in [0.25, 0.3) is 0 Å². The Morgan fingerprint density at radius 2 is 1.86 bits per heavy atom. The summed E-state index contributed by atoms with van der Waals surface area (Å²) in [6.45, 7) is 3.85. The Bertz CT molecular complexity index is 512. The fourth-order valence-electron chi connectivity index (χ4n) is 1.56. The molecule has 0 fully saturated rings. The molecule has 122 valence electrons. The number of azide groups is 1. The first-order valence-electron chi connectivity index (χ1n) is 6.87. The fourth-order valence-corrected chi connectivity index (χ4v) is 2.79. The number of benzene rings is 1. The van der Waals surface area contributed by atoms with Crippen molar-refractivity contribution >= 4 is 7.82 Å². The van der Waals surface area contributed by atoms with Crippen molar-refractivity contribution in [3.8, 4) is 0 Å². The van der Waals surface area contributed by atoms with E-state index in [4.69, 9.17) is 23.8 Å². The zero-order valence-electron chi connectivity index (χ0n) is 12.6. The first-order valence-corrected chi connectivity index (χ1v) is 8.33. The van der Waals surface area contributed by atoms with E-state index in [1.54, 1.807) is 13.8 Å². The van der Waals surface area contributed by atoms with E-state index in [9.17, 15) is 4.57 Å². The van der Waals surface area contributed by atoms with Gasteiger partial charge in [0, 0.05) is 4.91 Å². The molecule has 1 aromatic carbocycles. The predicted octanol–water partition coefficient (Wildman–Crippen LogP) is 4.04. The Kier molecular flexibility index (Phi) is 8.77. The number of nitrogens with zero attached hydrogens (tertiary/aromatic N) is 3. The maximum absolute atomic E-state index is 12.2. The van der Waals surface area contributed by atoms with Gasteiger partial charge in [-0.25, -0.2) is 4.57 Å². The molecule has 1 rings (SSSR count). The second-order valence-electron chi connectivity index (χ2n) is 4.05. The summed E-state index contributed by atoms with van der Waals surface area (Å²) in [6.07, 6.45) is -1.10. The van der Waals surface area contributed by atoms with E-state index >= 15 is 0 Å². The highest BCUT2D eigenvalue weighted by Crippen LogP contribution is 2.50. The van der Waals surface area contributed by atoms with Crippen molar-refractivity contribution in [1.29, 1.82) is 0 Å². The van der Waals surface area contributed by atoms with E-state index in [1.807, 2.05) is 30.3 Å². The highest BCUT2D eigenvalue weighted by Gasteiger charge is 2.29. The Morgan fingerprint density at radius 3 is 2.41 bits per heavy atom. The molecule has 0 spiro atoms. The zero-order valence-corrected chi connectivity index (χ0v) is 13.5. The molecule has 1 atom stereocenters. The summed E-state index contributed by atoms with van der Waals surface area (Å²) in [5.74, 6) is 0. The standard InChI is InChI=1S/C13H20N3O5P/c1-3-19-22(17,20-4-2)21-13(15-16-14)11-18-10-12-8-6-5-7-9-12/h5-9,13H,3-4,10-11H2,1-2H3. The maximum atomic E-state index is 12.2. The molecular weight excluding hydrogens is 309 g/mol. The van der Waals surface area contributed by atoms with Crippen LogP contribution in [0.4, 0.5) is 0 Å². The lowest BCUT2D eigenvalue weighted by atomic mass is 10.2. The maximum Gasteiger partial charge on any atom is 0.475 e. The van der Waals surface area contributed by atoms with Crippen molar-refractivity contribution in [2.45, 2.75) is 26.7 Å². The van der Waals surface area contributed by atoms with Gasteiger partial charge < -0.3 is 4.74 Å². The second-order valence-corrected chi connectivity index (χ2v) is 5.67. The van der Waals surface area contributed by atoms with Gasteiger partial charge in [-0.3, -0.25) is 13.6 Å². The molecule has 0 saturated heterocycles. The average molecular weight is 329 g/mol. The van der Waals surface area contributed by atoms with Gasteiger partial charge in [-0.2, -0.15) is 0 Å². The minimum Gasteiger partial charge on any atom is -0.374 e. The number of phosphoric ester groups is 1. The van der Waals surface area contributed by atoms with Crippen LogP contribution in [0.15, 0.2) is 35.4 Å². The average Bonchev–Trinajstić information content (AvgIpc) is 2.49. The van der Waals surface area contributed by atoms with Crippen LogP contribution >= 0.6 is 7.82 Å². The summed E-state index contributed by atoms with van der Waals surface area (Å²) in [4.78, 5) is 2.65. The predicted molar refractivity (Wildman–Crippen MR) is 81.0 cm³/mol. The third-order valence-corrected chi connectivity index (χ3v) is 4.03. The summed E-state index contributed by atoms with van der Waals surface area (Å²) < 4.78 is 32.8. The molecule has 0 aliphatic heterocycles. The van der Waals surface area contributed by atoms with Crippen LogP contribution < -0.4 is 0 Å². The minimum absolute atomic E-state index is 0.0664. The number of ether oxygens (including phenoxy) is 1. The van der Waals surface area contributed by atoms with Crippen molar-refractivity contribution in [3.05, 3.63) is 46.3 Å². The molecule has 22 heavy (non-hydrogen) atoms. The van der Waals surface area contributed by atoms with Gasteiger partial charge in [0.05, 0.1) is 26.4 Å². The third-order valence-electron chi connectivity index (χ3n) is 2.38.